The topological polar surface area (TPSA) is 66.6 Å². The summed E-state index contributed by atoms with van der Waals surface area (Å²) in [7, 11) is 0. The number of nitrogens with zero attached hydrogens (tertiary/aromatic N) is 3. The first-order valence-electron chi connectivity index (χ1n) is 16.0. The Morgan fingerprint density at radius 3 is 1.80 bits per heavy atom. The van der Waals surface area contributed by atoms with E-state index in [1.54, 1.807) is 29.8 Å². The van der Waals surface area contributed by atoms with E-state index in [0.29, 0.717) is 39.0 Å². The molecule has 0 aliphatic carbocycles. The zero-order valence-electron chi connectivity index (χ0n) is 25.2. The Morgan fingerprint density at radius 1 is 0.675 bits per heavy atom. The maximum atomic E-state index is 5.93. The lowest BCUT2D eigenvalue weighted by Crippen LogP contribution is -2.33. The Bertz CT molecular complexity index is 767. The fraction of sp³-hybridized carbons (Fsp3) is 0.781. The van der Waals surface area contributed by atoms with Crippen LogP contribution in [-0.4, -0.2) is 55.7 Å². The molecule has 2 aromatic heterocycles. The largest absolute Gasteiger partial charge is 0.455 e. The van der Waals surface area contributed by atoms with Gasteiger partial charge in [-0.3, -0.25) is 0 Å². The molecule has 7 nitrogen and oxygen atoms in total. The van der Waals surface area contributed by atoms with E-state index in [2.05, 4.69) is 38.5 Å². The van der Waals surface area contributed by atoms with Crippen molar-refractivity contribution in [1.29, 1.82) is 0 Å². The van der Waals surface area contributed by atoms with Gasteiger partial charge in [0, 0.05) is 19.0 Å². The number of unbranched alkanes of at least 4 members (excludes halogenated alkanes) is 15. The van der Waals surface area contributed by atoms with Crippen molar-refractivity contribution in [3.8, 4) is 6.01 Å². The first kappa shape index (κ1) is 34.6. The summed E-state index contributed by atoms with van der Waals surface area (Å²) in [5.41, 5.74) is 2.08. The molecule has 0 N–H and O–H groups in total. The number of hydrogen-bond donors (Lipinski definition) is 0. The van der Waals surface area contributed by atoms with Gasteiger partial charge in [0.1, 0.15) is 12.7 Å². The predicted octanol–water partition coefficient (Wildman–Crippen LogP) is 7.58. The third-order valence-electron chi connectivity index (χ3n) is 6.96. The number of rotatable bonds is 29. The Balaban J connectivity index is 1.41. The maximum Gasteiger partial charge on any atom is 0.316 e. The van der Waals surface area contributed by atoms with E-state index in [1.807, 2.05) is 0 Å². The molecule has 0 radical (unpaired) electrons. The smallest absolute Gasteiger partial charge is 0.316 e. The van der Waals surface area contributed by atoms with Gasteiger partial charge in [0.2, 0.25) is 5.51 Å². The van der Waals surface area contributed by atoms with Gasteiger partial charge in [-0.1, -0.05) is 115 Å². The van der Waals surface area contributed by atoms with Crippen LogP contribution in [0.25, 0.3) is 0 Å². The van der Waals surface area contributed by atoms with E-state index in [9.17, 15) is 0 Å². The third kappa shape index (κ3) is 20.3. The molecule has 0 amide bonds. The summed E-state index contributed by atoms with van der Waals surface area (Å²) >= 11 is 1.68. The van der Waals surface area contributed by atoms with Crippen LogP contribution in [0.1, 0.15) is 110 Å². The molecular formula is C32H56N3O4S+. The average Bonchev–Trinajstić information content (AvgIpc) is 3.50. The summed E-state index contributed by atoms with van der Waals surface area (Å²) in [4.78, 5) is 8.34. The van der Waals surface area contributed by atoms with Crippen molar-refractivity contribution in [2.75, 3.05) is 39.6 Å². The molecule has 228 valence electrons. The van der Waals surface area contributed by atoms with Gasteiger partial charge in [-0.05, 0) is 12.5 Å². The van der Waals surface area contributed by atoms with Crippen molar-refractivity contribution >= 4 is 11.3 Å². The second kappa shape index (κ2) is 26.3. The standard InChI is InChI=1S/C32H56N3O4S/c1-2-3-4-5-6-7-8-9-10-11-12-13-14-15-16-17-23-37-28-31(39-32-33-19-18-20-34-32)29-38-26-25-36-24-21-35-22-27-40-30-35/h18-20,22,27,30-31H,2-17,21,23-26,28-29H2,1H3/q+1. The predicted molar refractivity (Wildman–Crippen MR) is 163 cm³/mol. The van der Waals surface area contributed by atoms with E-state index in [-0.39, 0.29) is 6.10 Å². The lowest BCUT2D eigenvalue weighted by atomic mass is 10.0. The van der Waals surface area contributed by atoms with E-state index in [4.69, 9.17) is 18.9 Å². The van der Waals surface area contributed by atoms with Gasteiger partial charge < -0.3 is 18.9 Å². The van der Waals surface area contributed by atoms with E-state index >= 15 is 0 Å². The third-order valence-corrected chi connectivity index (χ3v) is 7.63. The van der Waals surface area contributed by atoms with Crippen molar-refractivity contribution in [2.24, 2.45) is 0 Å². The van der Waals surface area contributed by atoms with Gasteiger partial charge in [0.15, 0.2) is 12.7 Å². The highest BCUT2D eigenvalue weighted by Gasteiger charge is 2.13. The minimum atomic E-state index is -0.246. The van der Waals surface area contributed by atoms with Crippen LogP contribution in [0.15, 0.2) is 35.5 Å². The minimum absolute atomic E-state index is 0.246. The van der Waals surface area contributed by atoms with Gasteiger partial charge in [-0.15, -0.1) is 0 Å². The molecule has 2 rings (SSSR count). The Kier molecular flexibility index (Phi) is 22.7. The van der Waals surface area contributed by atoms with Crippen molar-refractivity contribution in [1.82, 2.24) is 9.97 Å². The van der Waals surface area contributed by atoms with Crippen LogP contribution in [0, 0.1) is 0 Å². The Labute approximate surface area is 248 Å². The second-order valence-electron chi connectivity index (χ2n) is 10.6. The molecule has 1 atom stereocenters. The van der Waals surface area contributed by atoms with Gasteiger partial charge >= 0.3 is 6.01 Å². The second-order valence-corrected chi connectivity index (χ2v) is 11.4. The summed E-state index contributed by atoms with van der Waals surface area (Å²) in [6.45, 7) is 6.51. The summed E-state index contributed by atoms with van der Waals surface area (Å²) < 4.78 is 25.4. The van der Waals surface area contributed by atoms with Gasteiger partial charge in [-0.25, -0.2) is 9.97 Å². The minimum Gasteiger partial charge on any atom is -0.455 e. The van der Waals surface area contributed by atoms with Gasteiger partial charge in [0.05, 0.1) is 31.8 Å². The monoisotopic (exact) mass is 578 g/mol. The highest BCUT2D eigenvalue weighted by atomic mass is 32.1. The van der Waals surface area contributed by atoms with E-state index in [1.165, 1.54) is 96.3 Å². The molecule has 0 spiro atoms. The van der Waals surface area contributed by atoms with Crippen LogP contribution < -0.4 is 9.30 Å². The number of thiazole rings is 1. The summed E-state index contributed by atoms with van der Waals surface area (Å²) in [5.74, 6) is 0. The SMILES string of the molecule is CCCCCCCCCCCCCCCCCCOCC(COCCOCC[n+]1ccsc1)Oc1ncccn1. The van der Waals surface area contributed by atoms with Crippen LogP contribution in [-0.2, 0) is 20.8 Å². The van der Waals surface area contributed by atoms with Crippen LogP contribution in [0.4, 0.5) is 0 Å². The average molecular weight is 579 g/mol. The molecule has 2 aromatic rings. The van der Waals surface area contributed by atoms with Crippen molar-refractivity contribution in [3.63, 3.8) is 0 Å². The maximum absolute atomic E-state index is 5.93. The number of ether oxygens (including phenoxy) is 4. The molecule has 40 heavy (non-hydrogen) atoms. The molecule has 0 aliphatic heterocycles. The molecule has 0 aliphatic rings. The van der Waals surface area contributed by atoms with Gasteiger partial charge in [0.25, 0.3) is 0 Å². The molecule has 8 heteroatoms. The lowest BCUT2D eigenvalue weighted by Gasteiger charge is -2.18. The summed E-state index contributed by atoms with van der Waals surface area (Å²) in [5, 5.41) is 2.06. The number of aromatic nitrogens is 3. The quantitative estimate of drug-likeness (QED) is 0.0732. The molecular weight excluding hydrogens is 522 g/mol. The molecule has 2 heterocycles. The fourth-order valence-electron chi connectivity index (χ4n) is 4.57. The molecule has 1 unspecified atom stereocenters. The lowest BCUT2D eigenvalue weighted by molar-refractivity contribution is -0.693. The van der Waals surface area contributed by atoms with E-state index < -0.39 is 0 Å². The zero-order chi connectivity index (χ0) is 28.2. The molecule has 0 fully saturated rings. The number of hydrogen-bond acceptors (Lipinski definition) is 7. The first-order valence-corrected chi connectivity index (χ1v) is 16.9. The highest BCUT2D eigenvalue weighted by molar-refractivity contribution is 7.07. The van der Waals surface area contributed by atoms with Crippen molar-refractivity contribution < 1.29 is 23.5 Å². The van der Waals surface area contributed by atoms with Crippen LogP contribution >= 0.6 is 11.3 Å². The van der Waals surface area contributed by atoms with Crippen molar-refractivity contribution in [2.45, 2.75) is 122 Å². The Morgan fingerprint density at radius 2 is 1.23 bits per heavy atom. The van der Waals surface area contributed by atoms with Crippen LogP contribution in [0.5, 0.6) is 6.01 Å². The van der Waals surface area contributed by atoms with Crippen molar-refractivity contribution in [3.05, 3.63) is 35.5 Å². The molecule has 0 aromatic carbocycles. The normalized spacial score (nSPS) is 12.1. The van der Waals surface area contributed by atoms with E-state index in [0.717, 1.165) is 19.6 Å². The van der Waals surface area contributed by atoms with Gasteiger partial charge in [-0.2, -0.15) is 4.57 Å². The zero-order valence-corrected chi connectivity index (χ0v) is 26.0. The molecule has 0 bridgehead atoms. The highest BCUT2D eigenvalue weighted by Crippen LogP contribution is 2.14. The van der Waals surface area contributed by atoms with Crippen LogP contribution in [0.2, 0.25) is 0 Å². The molecule has 0 saturated carbocycles. The van der Waals surface area contributed by atoms with Crippen LogP contribution in [0.3, 0.4) is 0 Å². The Hall–Kier alpha value is -1.61. The fourth-order valence-corrected chi connectivity index (χ4v) is 5.20. The summed E-state index contributed by atoms with van der Waals surface area (Å²) in [6.07, 6.45) is 27.1. The first-order chi connectivity index (χ1) is 19.9. The summed E-state index contributed by atoms with van der Waals surface area (Å²) in [6, 6.07) is 2.13. The molecule has 0 saturated heterocycles.